The van der Waals surface area contributed by atoms with Gasteiger partial charge in [-0.25, -0.2) is 8.78 Å². The first-order valence-corrected chi connectivity index (χ1v) is 6.92. The van der Waals surface area contributed by atoms with Crippen molar-refractivity contribution in [2.24, 2.45) is 0 Å². The summed E-state index contributed by atoms with van der Waals surface area (Å²) in [4.78, 5) is 12.3. The van der Waals surface area contributed by atoms with Crippen molar-refractivity contribution in [3.05, 3.63) is 71.4 Å². The lowest BCUT2D eigenvalue weighted by molar-refractivity contribution is 0.102. The summed E-state index contributed by atoms with van der Waals surface area (Å²) in [6.45, 7) is 1.76. The SMILES string of the molecule is Cc1[nH]nc(-c2ccc(F)cc2)c1NC(=O)c1ccc(F)cc1. The van der Waals surface area contributed by atoms with Gasteiger partial charge in [0, 0.05) is 11.1 Å². The number of benzene rings is 2. The minimum absolute atomic E-state index is 0.331. The fourth-order valence-corrected chi connectivity index (χ4v) is 2.19. The number of carbonyl (C=O) groups excluding carboxylic acids is 1. The van der Waals surface area contributed by atoms with E-state index in [4.69, 9.17) is 0 Å². The Morgan fingerprint density at radius 1 is 1.00 bits per heavy atom. The average molecular weight is 313 g/mol. The zero-order chi connectivity index (χ0) is 16.4. The van der Waals surface area contributed by atoms with Gasteiger partial charge in [0.25, 0.3) is 5.91 Å². The van der Waals surface area contributed by atoms with Crippen LogP contribution in [0.1, 0.15) is 16.1 Å². The third-order valence-corrected chi connectivity index (χ3v) is 3.41. The van der Waals surface area contributed by atoms with Gasteiger partial charge in [0.1, 0.15) is 17.3 Å². The Morgan fingerprint density at radius 3 is 2.17 bits per heavy atom. The summed E-state index contributed by atoms with van der Waals surface area (Å²) in [5, 5.41) is 9.71. The molecule has 0 atom stereocenters. The molecule has 1 amide bonds. The van der Waals surface area contributed by atoms with Crippen molar-refractivity contribution in [2.75, 3.05) is 5.32 Å². The zero-order valence-corrected chi connectivity index (χ0v) is 12.2. The molecule has 0 fully saturated rings. The first-order valence-electron chi connectivity index (χ1n) is 6.92. The van der Waals surface area contributed by atoms with Crippen molar-refractivity contribution in [3.63, 3.8) is 0 Å². The van der Waals surface area contributed by atoms with Crippen LogP contribution >= 0.6 is 0 Å². The van der Waals surface area contributed by atoms with E-state index in [1.165, 1.54) is 36.4 Å². The zero-order valence-electron chi connectivity index (χ0n) is 12.2. The highest BCUT2D eigenvalue weighted by Gasteiger charge is 2.16. The number of aryl methyl sites for hydroxylation is 1. The second-order valence-corrected chi connectivity index (χ2v) is 5.04. The van der Waals surface area contributed by atoms with E-state index < -0.39 is 5.82 Å². The molecule has 0 aliphatic carbocycles. The number of nitrogens with one attached hydrogen (secondary N) is 2. The van der Waals surface area contributed by atoms with Crippen molar-refractivity contribution in [2.45, 2.75) is 6.92 Å². The van der Waals surface area contributed by atoms with Crippen molar-refractivity contribution >= 4 is 11.6 Å². The minimum Gasteiger partial charge on any atom is -0.319 e. The average Bonchev–Trinajstić information content (AvgIpc) is 2.90. The molecule has 0 bridgehead atoms. The largest absolute Gasteiger partial charge is 0.319 e. The summed E-state index contributed by atoms with van der Waals surface area (Å²) in [7, 11) is 0. The highest BCUT2D eigenvalue weighted by molar-refractivity contribution is 6.06. The first-order chi connectivity index (χ1) is 11.0. The fraction of sp³-hybridized carbons (Fsp3) is 0.0588. The van der Waals surface area contributed by atoms with Gasteiger partial charge in [-0.15, -0.1) is 0 Å². The summed E-state index contributed by atoms with van der Waals surface area (Å²) in [5.41, 5.74) is 2.69. The number of amides is 1. The molecule has 0 unspecified atom stereocenters. The number of H-pyrrole nitrogens is 1. The molecule has 116 valence electrons. The molecule has 3 aromatic rings. The van der Waals surface area contributed by atoms with Gasteiger partial charge in [-0.05, 0) is 55.5 Å². The lowest BCUT2D eigenvalue weighted by atomic mass is 10.1. The maximum Gasteiger partial charge on any atom is 0.255 e. The van der Waals surface area contributed by atoms with Crippen LogP contribution < -0.4 is 5.32 Å². The maximum absolute atomic E-state index is 13.0. The summed E-state index contributed by atoms with van der Waals surface area (Å²) in [6.07, 6.45) is 0. The highest BCUT2D eigenvalue weighted by Crippen LogP contribution is 2.29. The summed E-state index contributed by atoms with van der Waals surface area (Å²) < 4.78 is 26.0. The smallest absolute Gasteiger partial charge is 0.255 e. The first kappa shape index (κ1) is 14.9. The Hall–Kier alpha value is -3.02. The quantitative estimate of drug-likeness (QED) is 0.770. The van der Waals surface area contributed by atoms with Crippen molar-refractivity contribution in [3.8, 4) is 11.3 Å². The van der Waals surface area contributed by atoms with Crippen LogP contribution in [0, 0.1) is 18.6 Å². The van der Waals surface area contributed by atoms with Gasteiger partial charge < -0.3 is 5.32 Å². The third-order valence-electron chi connectivity index (χ3n) is 3.41. The van der Waals surface area contributed by atoms with Crippen LogP contribution in [0.2, 0.25) is 0 Å². The Labute approximate surface area is 131 Å². The predicted octanol–water partition coefficient (Wildman–Crippen LogP) is 3.92. The van der Waals surface area contributed by atoms with Gasteiger partial charge in [0.2, 0.25) is 0 Å². The van der Waals surface area contributed by atoms with Gasteiger partial charge >= 0.3 is 0 Å². The molecule has 6 heteroatoms. The number of halogens is 2. The number of anilines is 1. The fourth-order valence-electron chi connectivity index (χ4n) is 2.19. The van der Waals surface area contributed by atoms with Gasteiger partial charge in [-0.3, -0.25) is 9.89 Å². The van der Waals surface area contributed by atoms with Gasteiger partial charge in [-0.2, -0.15) is 5.10 Å². The second kappa shape index (κ2) is 6.00. The molecular weight excluding hydrogens is 300 g/mol. The van der Waals surface area contributed by atoms with Crippen LogP contribution in [0.5, 0.6) is 0 Å². The molecule has 0 aliphatic rings. The predicted molar refractivity (Wildman–Crippen MR) is 83.1 cm³/mol. The lowest BCUT2D eigenvalue weighted by Gasteiger charge is -2.07. The summed E-state index contributed by atoms with van der Waals surface area (Å²) in [5.74, 6) is -1.14. The molecule has 2 N–H and O–H groups in total. The number of hydrogen-bond donors (Lipinski definition) is 2. The standard InChI is InChI=1S/C17H13F2N3O/c1-10-15(20-17(23)12-4-8-14(19)9-5-12)16(22-21-10)11-2-6-13(18)7-3-11/h2-9H,1H3,(H,20,23)(H,21,22). The normalized spacial score (nSPS) is 10.6. The van der Waals surface area contributed by atoms with E-state index in [-0.39, 0.29) is 11.7 Å². The van der Waals surface area contributed by atoms with Crippen LogP contribution in [-0.4, -0.2) is 16.1 Å². The molecule has 0 spiro atoms. The molecule has 23 heavy (non-hydrogen) atoms. The number of hydrogen-bond acceptors (Lipinski definition) is 2. The van der Waals surface area contributed by atoms with Crippen LogP contribution in [0.4, 0.5) is 14.5 Å². The number of rotatable bonds is 3. The van der Waals surface area contributed by atoms with Crippen molar-refractivity contribution < 1.29 is 13.6 Å². The Bertz CT molecular complexity index is 839. The Balaban J connectivity index is 1.91. The van der Waals surface area contributed by atoms with Gasteiger partial charge in [0.05, 0.1) is 11.4 Å². The maximum atomic E-state index is 13.0. The van der Waals surface area contributed by atoms with Crippen molar-refractivity contribution in [1.29, 1.82) is 0 Å². The molecule has 1 aromatic heterocycles. The van der Waals surface area contributed by atoms with E-state index >= 15 is 0 Å². The Morgan fingerprint density at radius 2 is 1.57 bits per heavy atom. The van der Waals surface area contributed by atoms with Crippen LogP contribution in [0.15, 0.2) is 48.5 Å². The van der Waals surface area contributed by atoms with Gasteiger partial charge in [0.15, 0.2) is 0 Å². The van der Waals surface area contributed by atoms with Crippen LogP contribution in [0.25, 0.3) is 11.3 Å². The van der Waals surface area contributed by atoms with Gasteiger partial charge in [-0.1, -0.05) is 0 Å². The molecule has 4 nitrogen and oxygen atoms in total. The molecule has 0 radical (unpaired) electrons. The topological polar surface area (TPSA) is 57.8 Å². The number of aromatic amines is 1. The lowest BCUT2D eigenvalue weighted by Crippen LogP contribution is -2.12. The molecule has 1 heterocycles. The molecule has 3 rings (SSSR count). The van der Waals surface area contributed by atoms with E-state index in [0.29, 0.717) is 28.2 Å². The van der Waals surface area contributed by atoms with Crippen molar-refractivity contribution in [1.82, 2.24) is 10.2 Å². The number of aromatic nitrogens is 2. The van der Waals surface area contributed by atoms with E-state index in [0.717, 1.165) is 0 Å². The van der Waals surface area contributed by atoms with Crippen LogP contribution in [0.3, 0.4) is 0 Å². The monoisotopic (exact) mass is 313 g/mol. The molecule has 0 saturated carbocycles. The molecular formula is C17H13F2N3O. The summed E-state index contributed by atoms with van der Waals surface area (Å²) >= 11 is 0. The van der Waals surface area contributed by atoms with Crippen LogP contribution in [-0.2, 0) is 0 Å². The van der Waals surface area contributed by atoms with E-state index in [9.17, 15) is 13.6 Å². The minimum atomic E-state index is -0.409. The van der Waals surface area contributed by atoms with E-state index in [2.05, 4.69) is 15.5 Å². The summed E-state index contributed by atoms with van der Waals surface area (Å²) in [6, 6.07) is 11.1. The Kier molecular flexibility index (Phi) is 3.89. The van der Waals surface area contributed by atoms with E-state index in [1.54, 1.807) is 19.1 Å². The molecule has 2 aromatic carbocycles. The van der Waals surface area contributed by atoms with E-state index in [1.807, 2.05) is 0 Å². The second-order valence-electron chi connectivity index (χ2n) is 5.04. The number of nitrogens with zero attached hydrogens (tertiary/aromatic N) is 1. The highest BCUT2D eigenvalue weighted by atomic mass is 19.1. The molecule has 0 saturated heterocycles. The third kappa shape index (κ3) is 3.11. The molecule has 0 aliphatic heterocycles. The number of carbonyl (C=O) groups is 1.